The fourth-order valence-electron chi connectivity index (χ4n) is 3.56. The van der Waals surface area contributed by atoms with E-state index in [9.17, 15) is 0 Å². The summed E-state index contributed by atoms with van der Waals surface area (Å²) in [5.41, 5.74) is 0. The van der Waals surface area contributed by atoms with Crippen LogP contribution in [-0.4, -0.2) is 35.6 Å². The lowest BCUT2D eigenvalue weighted by molar-refractivity contribution is 0.375. The Morgan fingerprint density at radius 3 is 3.25 bits per heavy atom. The Morgan fingerprint density at radius 2 is 2.35 bits per heavy atom. The monoisotopic (exact) mass is 288 g/mol. The molecule has 2 unspecified atom stereocenters. The van der Waals surface area contributed by atoms with E-state index in [4.69, 9.17) is 0 Å². The number of thiophene rings is 1. The largest absolute Gasteiger partial charge is 0.356 e. The maximum Gasteiger partial charge on any atom is 0.140 e. The predicted octanol–water partition coefficient (Wildman–Crippen LogP) is 2.44. The summed E-state index contributed by atoms with van der Waals surface area (Å²) in [6, 6.07) is 3.02. The number of nitrogens with zero attached hydrogens (tertiary/aromatic N) is 3. The number of aryl methyl sites for hydroxylation is 1. The Hall–Kier alpha value is -1.20. The lowest BCUT2D eigenvalue weighted by Gasteiger charge is -2.35. The highest BCUT2D eigenvalue weighted by atomic mass is 32.1. The van der Waals surface area contributed by atoms with E-state index >= 15 is 0 Å². The van der Waals surface area contributed by atoms with Crippen molar-refractivity contribution in [1.82, 2.24) is 15.3 Å². The maximum atomic E-state index is 4.59. The van der Waals surface area contributed by atoms with E-state index in [0.717, 1.165) is 42.1 Å². The van der Waals surface area contributed by atoms with Crippen molar-refractivity contribution in [3.05, 3.63) is 17.3 Å². The van der Waals surface area contributed by atoms with Crippen LogP contribution in [0.5, 0.6) is 0 Å². The van der Waals surface area contributed by atoms with Crippen LogP contribution in [0, 0.1) is 5.92 Å². The summed E-state index contributed by atoms with van der Waals surface area (Å²) in [5, 5.41) is 4.87. The van der Waals surface area contributed by atoms with Gasteiger partial charge in [-0.05, 0) is 37.8 Å². The van der Waals surface area contributed by atoms with Gasteiger partial charge in [0.15, 0.2) is 0 Å². The molecule has 5 heteroatoms. The second-order valence-corrected chi connectivity index (χ2v) is 6.94. The summed E-state index contributed by atoms with van der Waals surface area (Å²) in [6.07, 6.45) is 5.35. The van der Waals surface area contributed by atoms with Crippen molar-refractivity contribution in [2.24, 2.45) is 5.92 Å². The summed E-state index contributed by atoms with van der Waals surface area (Å²) in [5.74, 6) is 1.94. The lowest BCUT2D eigenvalue weighted by atomic mass is 9.93. The second kappa shape index (κ2) is 4.97. The van der Waals surface area contributed by atoms with Gasteiger partial charge in [-0.1, -0.05) is 6.92 Å². The highest BCUT2D eigenvalue weighted by molar-refractivity contribution is 7.18. The average molecular weight is 288 g/mol. The van der Waals surface area contributed by atoms with Crippen LogP contribution >= 0.6 is 11.3 Å². The van der Waals surface area contributed by atoms with E-state index in [1.54, 1.807) is 17.7 Å². The molecule has 4 heterocycles. The highest BCUT2D eigenvalue weighted by Gasteiger charge is 2.33. The summed E-state index contributed by atoms with van der Waals surface area (Å²) in [4.78, 5) is 14.0. The third kappa shape index (κ3) is 2.00. The van der Waals surface area contributed by atoms with Crippen LogP contribution < -0.4 is 10.2 Å². The van der Waals surface area contributed by atoms with Crippen molar-refractivity contribution in [3.63, 3.8) is 0 Å². The first-order valence-corrected chi connectivity index (χ1v) is 8.38. The molecule has 0 saturated carbocycles. The van der Waals surface area contributed by atoms with Crippen molar-refractivity contribution in [2.75, 3.05) is 24.5 Å². The van der Waals surface area contributed by atoms with E-state index < -0.39 is 0 Å². The molecular formula is C15H20N4S. The minimum absolute atomic E-state index is 0.734. The molecule has 0 aromatic carbocycles. The zero-order chi connectivity index (χ0) is 13.5. The van der Waals surface area contributed by atoms with Gasteiger partial charge < -0.3 is 10.2 Å². The summed E-state index contributed by atoms with van der Waals surface area (Å²) < 4.78 is 0. The molecule has 4 rings (SSSR count). The van der Waals surface area contributed by atoms with Gasteiger partial charge in [0.2, 0.25) is 0 Å². The first kappa shape index (κ1) is 12.5. The molecule has 2 saturated heterocycles. The fraction of sp³-hybridized carbons (Fsp3) is 0.600. The minimum Gasteiger partial charge on any atom is -0.356 e. The molecule has 2 atom stereocenters. The molecule has 20 heavy (non-hydrogen) atoms. The van der Waals surface area contributed by atoms with Crippen LogP contribution in [0.4, 0.5) is 5.82 Å². The Morgan fingerprint density at radius 1 is 1.40 bits per heavy atom. The number of fused-ring (bicyclic) bond motifs is 2. The van der Waals surface area contributed by atoms with Crippen LogP contribution in [0.15, 0.2) is 12.4 Å². The van der Waals surface area contributed by atoms with Gasteiger partial charge in [0, 0.05) is 24.0 Å². The van der Waals surface area contributed by atoms with Crippen molar-refractivity contribution >= 4 is 27.4 Å². The first-order chi connectivity index (χ1) is 9.85. The molecule has 2 aliphatic heterocycles. The zero-order valence-corrected chi connectivity index (χ0v) is 12.6. The second-order valence-electron chi connectivity index (χ2n) is 5.83. The van der Waals surface area contributed by atoms with Crippen molar-refractivity contribution in [1.29, 1.82) is 0 Å². The number of hydrogen-bond donors (Lipinski definition) is 1. The lowest BCUT2D eigenvalue weighted by Crippen LogP contribution is -2.44. The van der Waals surface area contributed by atoms with Crippen molar-refractivity contribution in [2.45, 2.75) is 32.2 Å². The SMILES string of the molecule is CCc1cc2c(N3CCC4NCCC4C3)ncnc2s1. The van der Waals surface area contributed by atoms with E-state index in [2.05, 4.69) is 33.2 Å². The average Bonchev–Trinajstić information content (AvgIpc) is 3.11. The molecule has 2 aliphatic rings. The van der Waals surface area contributed by atoms with Crippen LogP contribution in [0.25, 0.3) is 10.2 Å². The summed E-state index contributed by atoms with van der Waals surface area (Å²) in [6.45, 7) is 5.63. The first-order valence-electron chi connectivity index (χ1n) is 7.57. The van der Waals surface area contributed by atoms with E-state index in [1.807, 2.05) is 0 Å². The quantitative estimate of drug-likeness (QED) is 0.921. The molecule has 106 valence electrons. The normalized spacial score (nSPS) is 26.1. The topological polar surface area (TPSA) is 41.0 Å². The molecule has 1 N–H and O–H groups in total. The number of rotatable bonds is 2. The van der Waals surface area contributed by atoms with Crippen molar-refractivity contribution in [3.8, 4) is 0 Å². The molecule has 2 aromatic heterocycles. The molecule has 0 spiro atoms. The van der Waals surface area contributed by atoms with E-state index in [-0.39, 0.29) is 0 Å². The molecule has 0 aliphatic carbocycles. The zero-order valence-electron chi connectivity index (χ0n) is 11.8. The number of aromatic nitrogens is 2. The Bertz CT molecular complexity index is 623. The molecule has 2 fully saturated rings. The van der Waals surface area contributed by atoms with E-state index in [0.29, 0.717) is 0 Å². The Labute approximate surface area is 123 Å². The van der Waals surface area contributed by atoms with Gasteiger partial charge >= 0.3 is 0 Å². The third-order valence-electron chi connectivity index (χ3n) is 4.66. The standard InChI is InChI=1S/C15H20N4S/c1-2-11-7-12-14(17-9-18-15(12)20-11)19-6-4-13-10(8-19)3-5-16-13/h7,9-10,13,16H,2-6,8H2,1H3. The van der Waals surface area contributed by atoms with Crippen LogP contribution in [-0.2, 0) is 6.42 Å². The van der Waals surface area contributed by atoms with Crippen LogP contribution in [0.3, 0.4) is 0 Å². The Balaban J connectivity index is 1.69. The van der Waals surface area contributed by atoms with Gasteiger partial charge in [0.1, 0.15) is 17.0 Å². The number of nitrogens with one attached hydrogen (secondary N) is 1. The van der Waals surface area contributed by atoms with Gasteiger partial charge in [-0.2, -0.15) is 0 Å². The fourth-order valence-corrected chi connectivity index (χ4v) is 4.49. The smallest absolute Gasteiger partial charge is 0.140 e. The number of piperidine rings is 1. The Kier molecular flexibility index (Phi) is 3.11. The van der Waals surface area contributed by atoms with Gasteiger partial charge in [-0.15, -0.1) is 11.3 Å². The summed E-state index contributed by atoms with van der Waals surface area (Å²) in [7, 11) is 0. The van der Waals surface area contributed by atoms with Crippen molar-refractivity contribution < 1.29 is 0 Å². The summed E-state index contributed by atoms with van der Waals surface area (Å²) >= 11 is 1.80. The van der Waals surface area contributed by atoms with Gasteiger partial charge in [0.25, 0.3) is 0 Å². The molecule has 2 aromatic rings. The molecule has 0 amide bonds. The maximum absolute atomic E-state index is 4.59. The molecule has 0 radical (unpaired) electrons. The predicted molar refractivity (Wildman–Crippen MR) is 83.5 cm³/mol. The van der Waals surface area contributed by atoms with Crippen LogP contribution in [0.1, 0.15) is 24.6 Å². The molecule has 0 bridgehead atoms. The number of hydrogen-bond acceptors (Lipinski definition) is 5. The van der Waals surface area contributed by atoms with Crippen LogP contribution in [0.2, 0.25) is 0 Å². The van der Waals surface area contributed by atoms with Gasteiger partial charge in [-0.3, -0.25) is 0 Å². The number of anilines is 1. The van der Waals surface area contributed by atoms with E-state index in [1.165, 1.54) is 29.6 Å². The third-order valence-corrected chi connectivity index (χ3v) is 5.85. The van der Waals surface area contributed by atoms with Gasteiger partial charge in [0.05, 0.1) is 5.39 Å². The molecular weight excluding hydrogens is 268 g/mol. The van der Waals surface area contributed by atoms with Gasteiger partial charge in [-0.25, -0.2) is 9.97 Å². The highest BCUT2D eigenvalue weighted by Crippen LogP contribution is 2.34. The minimum atomic E-state index is 0.734. The molecule has 4 nitrogen and oxygen atoms in total.